The second kappa shape index (κ2) is 13.0. The zero-order chi connectivity index (χ0) is 15.5. The first kappa shape index (κ1) is 21.5. The number of guanidine groups is 1. The van der Waals surface area contributed by atoms with Gasteiger partial charge in [-0.15, -0.1) is 24.0 Å². The Hall–Kier alpha value is -0.540. The molecule has 0 aliphatic rings. The van der Waals surface area contributed by atoms with Crippen LogP contribution in [0, 0.1) is 5.82 Å². The number of methoxy groups -OCH3 is 1. The maximum Gasteiger partial charge on any atom is 0.191 e. The van der Waals surface area contributed by atoms with Crippen molar-refractivity contribution in [3.8, 4) is 0 Å². The van der Waals surface area contributed by atoms with Gasteiger partial charge in [-0.3, -0.25) is 4.99 Å². The lowest BCUT2D eigenvalue weighted by Crippen LogP contribution is -2.38. The molecular formula is C15H25FIN3OS. The van der Waals surface area contributed by atoms with Crippen LogP contribution in [0.1, 0.15) is 18.6 Å². The van der Waals surface area contributed by atoms with Gasteiger partial charge in [-0.2, -0.15) is 11.8 Å². The zero-order valence-corrected chi connectivity index (χ0v) is 16.4. The second-order valence-electron chi connectivity index (χ2n) is 4.42. The maximum absolute atomic E-state index is 13.0. The van der Waals surface area contributed by atoms with Crippen LogP contribution in [0.4, 0.5) is 4.39 Å². The van der Waals surface area contributed by atoms with Crippen molar-refractivity contribution >= 4 is 41.7 Å². The second-order valence-corrected chi connectivity index (χ2v) is 5.40. The molecule has 0 aliphatic heterocycles. The molecule has 0 radical (unpaired) electrons. The van der Waals surface area contributed by atoms with Crippen LogP contribution in [-0.2, 0) is 4.74 Å². The number of ether oxygens (including phenoxy) is 1. The Balaban J connectivity index is 0.00000441. The molecule has 1 atom stereocenters. The lowest BCUT2D eigenvalue weighted by Gasteiger charge is -2.16. The first-order valence-electron chi connectivity index (χ1n) is 7.00. The van der Waals surface area contributed by atoms with E-state index < -0.39 is 0 Å². The minimum Gasteiger partial charge on any atom is -0.375 e. The van der Waals surface area contributed by atoms with E-state index in [0.717, 1.165) is 30.4 Å². The molecular weight excluding hydrogens is 416 g/mol. The Morgan fingerprint density at radius 1 is 1.32 bits per heavy atom. The number of rotatable bonds is 8. The molecule has 4 nitrogen and oxygen atoms in total. The molecule has 7 heteroatoms. The van der Waals surface area contributed by atoms with Gasteiger partial charge in [-0.1, -0.05) is 12.1 Å². The van der Waals surface area contributed by atoms with E-state index in [0.29, 0.717) is 6.54 Å². The van der Waals surface area contributed by atoms with E-state index in [2.05, 4.69) is 21.9 Å². The molecule has 0 aliphatic carbocycles. The van der Waals surface area contributed by atoms with Crippen LogP contribution in [0.3, 0.4) is 0 Å². The normalized spacial score (nSPS) is 12.5. The van der Waals surface area contributed by atoms with Crippen LogP contribution < -0.4 is 10.6 Å². The third-order valence-corrected chi connectivity index (χ3v) is 3.50. The number of thioether (sulfide) groups is 1. The summed E-state index contributed by atoms with van der Waals surface area (Å²) in [7, 11) is 1.64. The van der Waals surface area contributed by atoms with E-state index >= 15 is 0 Å². The Bertz CT molecular complexity index is 431. The molecule has 0 heterocycles. The van der Waals surface area contributed by atoms with Crippen molar-refractivity contribution < 1.29 is 9.13 Å². The average molecular weight is 441 g/mol. The highest BCUT2D eigenvalue weighted by Crippen LogP contribution is 2.17. The molecule has 0 bridgehead atoms. The van der Waals surface area contributed by atoms with Crippen LogP contribution in [-0.4, -0.2) is 44.7 Å². The molecule has 1 aromatic rings. The van der Waals surface area contributed by atoms with E-state index in [9.17, 15) is 4.39 Å². The van der Waals surface area contributed by atoms with Gasteiger partial charge in [0.2, 0.25) is 0 Å². The van der Waals surface area contributed by atoms with Crippen molar-refractivity contribution in [3.05, 3.63) is 35.6 Å². The minimum atomic E-state index is -0.246. The molecule has 0 fully saturated rings. The Morgan fingerprint density at radius 2 is 2.00 bits per heavy atom. The maximum atomic E-state index is 13.0. The minimum absolute atomic E-state index is 0. The van der Waals surface area contributed by atoms with Gasteiger partial charge < -0.3 is 15.4 Å². The molecule has 126 valence electrons. The summed E-state index contributed by atoms with van der Waals surface area (Å²) in [6, 6.07) is 6.33. The molecule has 1 rings (SSSR count). The number of nitrogens with one attached hydrogen (secondary N) is 2. The number of benzene rings is 1. The largest absolute Gasteiger partial charge is 0.375 e. The molecule has 1 unspecified atom stereocenters. The third-order valence-electron chi connectivity index (χ3n) is 2.88. The Kier molecular flexibility index (Phi) is 12.6. The number of aliphatic imine (C=N–C) groups is 1. The summed E-state index contributed by atoms with van der Waals surface area (Å²) in [5, 5.41) is 6.46. The fraction of sp³-hybridized carbons (Fsp3) is 0.533. The molecule has 0 spiro atoms. The van der Waals surface area contributed by atoms with Crippen molar-refractivity contribution in [3.63, 3.8) is 0 Å². The van der Waals surface area contributed by atoms with Crippen LogP contribution in [0.15, 0.2) is 29.3 Å². The Morgan fingerprint density at radius 3 is 2.55 bits per heavy atom. The monoisotopic (exact) mass is 441 g/mol. The van der Waals surface area contributed by atoms with Gasteiger partial charge in [-0.05, 0) is 30.9 Å². The van der Waals surface area contributed by atoms with Gasteiger partial charge in [0.05, 0.1) is 6.54 Å². The summed E-state index contributed by atoms with van der Waals surface area (Å²) >= 11 is 1.78. The van der Waals surface area contributed by atoms with Gasteiger partial charge in [0.1, 0.15) is 11.9 Å². The lowest BCUT2D eigenvalue weighted by atomic mass is 10.1. The average Bonchev–Trinajstić information content (AvgIpc) is 2.49. The van der Waals surface area contributed by atoms with Crippen LogP contribution in [0.25, 0.3) is 0 Å². The molecule has 2 N–H and O–H groups in total. The van der Waals surface area contributed by atoms with Gasteiger partial charge in [0.15, 0.2) is 5.96 Å². The number of nitrogens with zero attached hydrogens (tertiary/aromatic N) is 1. The summed E-state index contributed by atoms with van der Waals surface area (Å²) in [6.07, 6.45) is 1.89. The van der Waals surface area contributed by atoms with Gasteiger partial charge in [-0.25, -0.2) is 4.39 Å². The number of hydrogen-bond donors (Lipinski definition) is 2. The van der Waals surface area contributed by atoms with Crippen LogP contribution in [0.2, 0.25) is 0 Å². The van der Waals surface area contributed by atoms with E-state index in [1.165, 1.54) is 12.1 Å². The standard InChI is InChI=1S/C15H24FN3OS.HI/c1-4-17-15(18-9-10-21-3)19-11-14(20-2)12-5-7-13(16)8-6-12;/h5-8,14H,4,9-11H2,1-3H3,(H2,17,18,19);1H. The number of hydrogen-bond acceptors (Lipinski definition) is 3. The lowest BCUT2D eigenvalue weighted by molar-refractivity contribution is 0.111. The molecule has 0 aromatic heterocycles. The first-order chi connectivity index (χ1) is 10.2. The summed E-state index contributed by atoms with van der Waals surface area (Å²) in [6.45, 7) is 4.18. The highest BCUT2D eigenvalue weighted by Gasteiger charge is 2.10. The highest BCUT2D eigenvalue weighted by atomic mass is 127. The fourth-order valence-corrected chi connectivity index (χ4v) is 2.09. The highest BCUT2D eigenvalue weighted by molar-refractivity contribution is 14.0. The van der Waals surface area contributed by atoms with Crippen molar-refractivity contribution in [2.45, 2.75) is 13.0 Å². The quantitative estimate of drug-likeness (QED) is 0.282. The van der Waals surface area contributed by atoms with Crippen molar-refractivity contribution in [2.24, 2.45) is 4.99 Å². The predicted octanol–water partition coefficient (Wildman–Crippen LogP) is 3.05. The van der Waals surface area contributed by atoms with Crippen molar-refractivity contribution in [2.75, 3.05) is 38.8 Å². The molecule has 22 heavy (non-hydrogen) atoms. The molecule has 0 amide bonds. The van der Waals surface area contributed by atoms with Gasteiger partial charge in [0.25, 0.3) is 0 Å². The van der Waals surface area contributed by atoms with Gasteiger partial charge >= 0.3 is 0 Å². The first-order valence-corrected chi connectivity index (χ1v) is 8.40. The van der Waals surface area contributed by atoms with Crippen molar-refractivity contribution in [1.82, 2.24) is 10.6 Å². The number of halogens is 2. The van der Waals surface area contributed by atoms with Gasteiger partial charge in [0, 0.05) is 26.0 Å². The van der Waals surface area contributed by atoms with E-state index in [4.69, 9.17) is 4.74 Å². The fourth-order valence-electron chi connectivity index (χ4n) is 1.78. The molecule has 0 saturated heterocycles. The predicted molar refractivity (Wildman–Crippen MR) is 104 cm³/mol. The zero-order valence-electron chi connectivity index (χ0n) is 13.3. The van der Waals surface area contributed by atoms with E-state index in [1.54, 1.807) is 31.0 Å². The molecule has 1 aromatic carbocycles. The smallest absolute Gasteiger partial charge is 0.191 e. The van der Waals surface area contributed by atoms with E-state index in [-0.39, 0.29) is 35.9 Å². The van der Waals surface area contributed by atoms with Crippen molar-refractivity contribution in [1.29, 1.82) is 0 Å². The van der Waals surface area contributed by atoms with Crippen LogP contribution in [0.5, 0.6) is 0 Å². The van der Waals surface area contributed by atoms with Crippen LogP contribution >= 0.6 is 35.7 Å². The summed E-state index contributed by atoms with van der Waals surface area (Å²) in [4.78, 5) is 4.52. The summed E-state index contributed by atoms with van der Waals surface area (Å²) < 4.78 is 18.4. The molecule has 0 saturated carbocycles. The summed E-state index contributed by atoms with van der Waals surface area (Å²) in [5.74, 6) is 1.55. The summed E-state index contributed by atoms with van der Waals surface area (Å²) in [5.41, 5.74) is 0.919. The van der Waals surface area contributed by atoms with E-state index in [1.807, 2.05) is 6.92 Å². The third kappa shape index (κ3) is 8.19. The Labute approximate surface area is 153 Å². The SMILES string of the molecule is CCNC(=NCC(OC)c1ccc(F)cc1)NCCSC.I. The topological polar surface area (TPSA) is 45.7 Å².